The number of nitrogens with zero attached hydrogens (tertiary/aromatic N) is 2. The minimum Gasteiger partial charge on any atom is -0.370 e. The van der Waals surface area contributed by atoms with Crippen molar-refractivity contribution in [3.8, 4) is 0 Å². The van der Waals surface area contributed by atoms with E-state index in [1.807, 2.05) is 0 Å². The van der Waals surface area contributed by atoms with Crippen molar-refractivity contribution in [3.63, 3.8) is 0 Å². The molecule has 0 amide bonds. The van der Waals surface area contributed by atoms with Crippen molar-refractivity contribution < 1.29 is 8.42 Å². The molecular weight excluding hydrogens is 280 g/mol. The molecule has 0 atom stereocenters. The maximum absolute atomic E-state index is 11.3. The van der Waals surface area contributed by atoms with Crippen LogP contribution < -0.4 is 22.3 Å². The summed E-state index contributed by atoms with van der Waals surface area (Å²) in [6.45, 7) is 0. The van der Waals surface area contributed by atoms with E-state index in [9.17, 15) is 8.42 Å². The van der Waals surface area contributed by atoms with Gasteiger partial charge >= 0.3 is 0 Å². The Morgan fingerprint density at radius 1 is 1.22 bits per heavy atom. The highest BCUT2D eigenvalue weighted by Crippen LogP contribution is 2.26. The molecule has 0 aliphatic rings. The first-order chi connectivity index (χ1) is 8.20. The Hall–Kier alpha value is -1.84. The SMILES string of the molecule is NC(N)=NC(N)=Nc1ccc(Cl)cc1S(N)(=O)=O. The fraction of sp³-hybridized carbons (Fsp3) is 0. The summed E-state index contributed by atoms with van der Waals surface area (Å²) in [5.41, 5.74) is 15.6. The molecule has 98 valence electrons. The second-order valence-corrected chi connectivity index (χ2v) is 5.13. The Bertz CT molecular complexity index is 620. The maximum Gasteiger partial charge on any atom is 0.240 e. The number of primary sulfonamides is 1. The van der Waals surface area contributed by atoms with Gasteiger partial charge in [0, 0.05) is 5.02 Å². The Kier molecular flexibility index (Phi) is 4.11. The van der Waals surface area contributed by atoms with Gasteiger partial charge in [0.15, 0.2) is 5.96 Å². The van der Waals surface area contributed by atoms with Crippen LogP contribution >= 0.6 is 11.6 Å². The molecule has 10 heteroatoms. The molecular formula is C8H11ClN6O2S. The largest absolute Gasteiger partial charge is 0.370 e. The summed E-state index contributed by atoms with van der Waals surface area (Å²) in [6.07, 6.45) is 0. The van der Waals surface area contributed by atoms with E-state index in [0.717, 1.165) is 6.07 Å². The summed E-state index contributed by atoms with van der Waals surface area (Å²) in [7, 11) is -3.99. The standard InChI is InChI=1S/C8H11ClN6O2S/c9-4-1-2-5(6(3-4)18(13,16)17)14-8(12)15-7(10)11/h1-3H,(H2,13,16,17)(H6,10,11,12,14,15). The Labute approximate surface area is 108 Å². The van der Waals surface area contributed by atoms with Crippen LogP contribution in [0.15, 0.2) is 33.1 Å². The number of hydrogen-bond acceptors (Lipinski definition) is 3. The lowest BCUT2D eigenvalue weighted by molar-refractivity contribution is 0.598. The third-order valence-electron chi connectivity index (χ3n) is 1.71. The molecule has 0 aromatic heterocycles. The minimum atomic E-state index is -3.99. The lowest BCUT2D eigenvalue weighted by Crippen LogP contribution is -2.26. The molecule has 0 heterocycles. The summed E-state index contributed by atoms with van der Waals surface area (Å²) in [5.74, 6) is -0.607. The number of hydrogen-bond donors (Lipinski definition) is 4. The first-order valence-electron chi connectivity index (χ1n) is 4.46. The molecule has 0 saturated carbocycles. The highest BCUT2D eigenvalue weighted by Gasteiger charge is 2.14. The molecule has 1 aromatic rings. The quantitative estimate of drug-likeness (QED) is 0.413. The van der Waals surface area contributed by atoms with Crippen LogP contribution in [0.4, 0.5) is 5.69 Å². The molecule has 0 bridgehead atoms. The first kappa shape index (κ1) is 14.2. The van der Waals surface area contributed by atoms with E-state index in [4.69, 9.17) is 33.9 Å². The van der Waals surface area contributed by atoms with Gasteiger partial charge in [-0.15, -0.1) is 0 Å². The molecule has 0 aliphatic heterocycles. The van der Waals surface area contributed by atoms with Gasteiger partial charge in [-0.2, -0.15) is 4.99 Å². The van der Waals surface area contributed by atoms with Crippen molar-refractivity contribution in [1.29, 1.82) is 0 Å². The number of guanidine groups is 2. The summed E-state index contributed by atoms with van der Waals surface area (Å²) >= 11 is 5.68. The van der Waals surface area contributed by atoms with Gasteiger partial charge in [-0.3, -0.25) is 0 Å². The van der Waals surface area contributed by atoms with Gasteiger partial charge in [-0.1, -0.05) is 11.6 Å². The van der Waals surface area contributed by atoms with E-state index in [2.05, 4.69) is 9.98 Å². The molecule has 1 aromatic carbocycles. The van der Waals surface area contributed by atoms with Crippen LogP contribution in [-0.2, 0) is 10.0 Å². The third kappa shape index (κ3) is 3.87. The van der Waals surface area contributed by atoms with E-state index in [1.165, 1.54) is 12.1 Å². The van der Waals surface area contributed by atoms with E-state index in [0.29, 0.717) is 0 Å². The van der Waals surface area contributed by atoms with Gasteiger partial charge in [-0.05, 0) is 18.2 Å². The average molecular weight is 291 g/mol. The summed E-state index contributed by atoms with van der Waals surface area (Å²) in [6, 6.07) is 3.91. The normalized spacial score (nSPS) is 12.2. The third-order valence-corrected chi connectivity index (χ3v) is 2.88. The van der Waals surface area contributed by atoms with Crippen molar-refractivity contribution in [1.82, 2.24) is 0 Å². The highest BCUT2D eigenvalue weighted by molar-refractivity contribution is 7.89. The Morgan fingerprint density at radius 2 is 1.83 bits per heavy atom. The predicted molar refractivity (Wildman–Crippen MR) is 69.9 cm³/mol. The summed E-state index contributed by atoms with van der Waals surface area (Å²) in [4.78, 5) is 6.91. The molecule has 8 N–H and O–H groups in total. The van der Waals surface area contributed by atoms with E-state index in [-0.39, 0.29) is 27.5 Å². The highest BCUT2D eigenvalue weighted by atomic mass is 35.5. The van der Waals surface area contributed by atoms with Gasteiger partial charge in [0.05, 0.1) is 5.69 Å². The smallest absolute Gasteiger partial charge is 0.240 e. The molecule has 0 saturated heterocycles. The fourth-order valence-electron chi connectivity index (χ4n) is 1.09. The van der Waals surface area contributed by atoms with Crippen LogP contribution in [0.5, 0.6) is 0 Å². The van der Waals surface area contributed by atoms with Crippen molar-refractivity contribution >= 4 is 39.2 Å². The van der Waals surface area contributed by atoms with Crippen LogP contribution in [0, 0.1) is 0 Å². The zero-order chi connectivity index (χ0) is 13.9. The topological polar surface area (TPSA) is 163 Å². The number of halogens is 1. The Balaban J connectivity index is 3.39. The van der Waals surface area contributed by atoms with Gasteiger partial charge in [0.2, 0.25) is 16.0 Å². The minimum absolute atomic E-state index is 0.00981. The molecule has 0 aliphatic carbocycles. The van der Waals surface area contributed by atoms with Crippen molar-refractivity contribution in [2.24, 2.45) is 32.3 Å². The summed E-state index contributed by atoms with van der Waals surface area (Å²) < 4.78 is 22.7. The Morgan fingerprint density at radius 3 is 2.33 bits per heavy atom. The van der Waals surface area contributed by atoms with Gasteiger partial charge in [-0.25, -0.2) is 18.5 Å². The number of nitrogens with two attached hydrogens (primary N) is 4. The van der Waals surface area contributed by atoms with Crippen molar-refractivity contribution in [2.75, 3.05) is 0 Å². The number of rotatable bonds is 2. The second kappa shape index (κ2) is 5.21. The summed E-state index contributed by atoms with van der Waals surface area (Å²) in [5, 5.41) is 5.21. The van der Waals surface area contributed by atoms with Crippen molar-refractivity contribution in [3.05, 3.63) is 23.2 Å². The molecule has 0 radical (unpaired) electrons. The van der Waals surface area contributed by atoms with Gasteiger partial charge in [0.1, 0.15) is 4.90 Å². The lowest BCUT2D eigenvalue weighted by Gasteiger charge is -2.04. The van der Waals surface area contributed by atoms with Crippen LogP contribution in [0.3, 0.4) is 0 Å². The maximum atomic E-state index is 11.3. The molecule has 8 nitrogen and oxygen atoms in total. The molecule has 1 rings (SSSR count). The zero-order valence-corrected chi connectivity index (χ0v) is 10.6. The monoisotopic (exact) mass is 290 g/mol. The van der Waals surface area contributed by atoms with Crippen LogP contribution in [0.1, 0.15) is 0 Å². The number of benzene rings is 1. The molecule has 18 heavy (non-hydrogen) atoms. The predicted octanol–water partition coefficient (Wildman–Crippen LogP) is -0.793. The fourth-order valence-corrected chi connectivity index (χ4v) is 2.02. The molecule has 0 unspecified atom stereocenters. The number of sulfonamides is 1. The van der Waals surface area contributed by atoms with Gasteiger partial charge in [0.25, 0.3) is 0 Å². The average Bonchev–Trinajstić information content (AvgIpc) is 2.17. The van der Waals surface area contributed by atoms with Crippen molar-refractivity contribution in [2.45, 2.75) is 4.90 Å². The molecule has 0 spiro atoms. The van der Waals surface area contributed by atoms with E-state index in [1.54, 1.807) is 0 Å². The van der Waals surface area contributed by atoms with Crippen LogP contribution in [0.25, 0.3) is 0 Å². The zero-order valence-electron chi connectivity index (χ0n) is 9.04. The molecule has 0 fully saturated rings. The lowest BCUT2D eigenvalue weighted by atomic mass is 10.3. The van der Waals surface area contributed by atoms with Crippen LogP contribution in [0.2, 0.25) is 5.02 Å². The van der Waals surface area contributed by atoms with E-state index >= 15 is 0 Å². The van der Waals surface area contributed by atoms with E-state index < -0.39 is 10.0 Å². The van der Waals surface area contributed by atoms with Gasteiger partial charge < -0.3 is 17.2 Å². The second-order valence-electron chi connectivity index (χ2n) is 3.16. The number of aliphatic imine (C=N–C) groups is 2. The van der Waals surface area contributed by atoms with Crippen LogP contribution in [-0.4, -0.2) is 20.3 Å². The first-order valence-corrected chi connectivity index (χ1v) is 6.38.